The molecule has 0 aromatic carbocycles. The first-order chi connectivity index (χ1) is 13.6. The molecule has 0 unspecified atom stereocenters. The van der Waals surface area contributed by atoms with Crippen LogP contribution in [-0.2, 0) is 28.7 Å². The van der Waals surface area contributed by atoms with Crippen molar-refractivity contribution in [1.82, 2.24) is 16.0 Å². The summed E-state index contributed by atoms with van der Waals surface area (Å²) < 4.78 is 9.56. The van der Waals surface area contributed by atoms with Crippen molar-refractivity contribution in [2.24, 2.45) is 23.7 Å². The zero-order valence-electron chi connectivity index (χ0n) is 18.2. The Kier molecular flexibility index (Phi) is 10.1. The van der Waals surface area contributed by atoms with E-state index in [4.69, 9.17) is 9.47 Å². The molecule has 0 bridgehead atoms. The van der Waals surface area contributed by atoms with Crippen LogP contribution in [0.4, 0.5) is 0 Å². The van der Waals surface area contributed by atoms with Gasteiger partial charge in [0.05, 0.1) is 26.1 Å². The van der Waals surface area contributed by atoms with E-state index < -0.39 is 35.9 Å². The molecule has 4 atom stereocenters. The molecule has 1 heterocycles. The molecule has 0 radical (unpaired) electrons. The fourth-order valence-corrected chi connectivity index (χ4v) is 3.44. The molecule has 0 aromatic heterocycles. The minimum atomic E-state index is -0.763. The molecule has 0 spiro atoms. The van der Waals surface area contributed by atoms with Gasteiger partial charge in [-0.25, -0.2) is 9.59 Å². The van der Waals surface area contributed by atoms with E-state index in [0.29, 0.717) is 25.9 Å². The van der Waals surface area contributed by atoms with Crippen LogP contribution in [0.1, 0.15) is 40.5 Å². The van der Waals surface area contributed by atoms with Gasteiger partial charge in [0.1, 0.15) is 12.1 Å². The van der Waals surface area contributed by atoms with Crippen molar-refractivity contribution in [2.75, 3.05) is 27.3 Å². The van der Waals surface area contributed by atoms with E-state index in [2.05, 4.69) is 16.0 Å². The third-order valence-corrected chi connectivity index (χ3v) is 4.91. The minimum absolute atomic E-state index is 0.178. The highest BCUT2D eigenvalue weighted by atomic mass is 16.5. The number of carbonyl (C=O) groups is 4. The molecule has 29 heavy (non-hydrogen) atoms. The summed E-state index contributed by atoms with van der Waals surface area (Å²) in [5.74, 6) is -2.73. The van der Waals surface area contributed by atoms with Crippen molar-refractivity contribution >= 4 is 23.8 Å². The van der Waals surface area contributed by atoms with Crippen molar-refractivity contribution in [3.05, 3.63) is 0 Å². The first-order valence-electron chi connectivity index (χ1n) is 10.1. The van der Waals surface area contributed by atoms with Crippen LogP contribution in [0.5, 0.6) is 0 Å². The number of methoxy groups -OCH3 is 2. The van der Waals surface area contributed by atoms with Gasteiger partial charge in [0, 0.05) is 13.1 Å². The number of amides is 2. The van der Waals surface area contributed by atoms with E-state index in [1.807, 2.05) is 27.7 Å². The second kappa shape index (κ2) is 11.7. The van der Waals surface area contributed by atoms with Crippen LogP contribution in [0.2, 0.25) is 0 Å². The van der Waals surface area contributed by atoms with Crippen LogP contribution < -0.4 is 16.0 Å². The monoisotopic (exact) mass is 413 g/mol. The predicted molar refractivity (Wildman–Crippen MR) is 107 cm³/mol. The lowest BCUT2D eigenvalue weighted by molar-refractivity contribution is -0.147. The van der Waals surface area contributed by atoms with Gasteiger partial charge in [-0.2, -0.15) is 0 Å². The Morgan fingerprint density at radius 3 is 1.41 bits per heavy atom. The molecule has 1 rings (SSSR count). The van der Waals surface area contributed by atoms with Gasteiger partial charge in [-0.1, -0.05) is 27.7 Å². The van der Waals surface area contributed by atoms with Crippen LogP contribution in [0.3, 0.4) is 0 Å². The van der Waals surface area contributed by atoms with Crippen LogP contribution in [0, 0.1) is 23.7 Å². The minimum Gasteiger partial charge on any atom is -0.467 e. The average molecular weight is 414 g/mol. The highest BCUT2D eigenvalue weighted by molar-refractivity contribution is 5.92. The molecule has 0 aromatic rings. The molecule has 2 amide bonds. The van der Waals surface area contributed by atoms with E-state index in [-0.39, 0.29) is 23.7 Å². The largest absolute Gasteiger partial charge is 0.467 e. The fourth-order valence-electron chi connectivity index (χ4n) is 3.44. The molecule has 3 N–H and O–H groups in total. The molecule has 9 nitrogen and oxygen atoms in total. The van der Waals surface area contributed by atoms with Crippen LogP contribution >= 0.6 is 0 Å². The van der Waals surface area contributed by atoms with Gasteiger partial charge in [-0.15, -0.1) is 0 Å². The highest BCUT2D eigenvalue weighted by Gasteiger charge is 2.40. The van der Waals surface area contributed by atoms with E-state index in [0.717, 1.165) is 0 Å². The summed E-state index contributed by atoms with van der Waals surface area (Å²) in [4.78, 5) is 49.6. The fraction of sp³-hybridized carbons (Fsp3) is 0.800. The molecule has 1 aliphatic rings. The van der Waals surface area contributed by atoms with E-state index >= 15 is 0 Å². The third kappa shape index (κ3) is 7.64. The van der Waals surface area contributed by atoms with Crippen LogP contribution in [-0.4, -0.2) is 63.1 Å². The summed E-state index contributed by atoms with van der Waals surface area (Å²) >= 11 is 0. The Bertz CT molecular complexity index is 543. The van der Waals surface area contributed by atoms with Gasteiger partial charge < -0.3 is 25.4 Å². The van der Waals surface area contributed by atoms with Crippen molar-refractivity contribution in [1.29, 1.82) is 0 Å². The summed E-state index contributed by atoms with van der Waals surface area (Å²) in [7, 11) is 2.55. The maximum Gasteiger partial charge on any atom is 0.328 e. The lowest BCUT2D eigenvalue weighted by Crippen LogP contribution is -2.50. The van der Waals surface area contributed by atoms with Gasteiger partial charge in [0.25, 0.3) is 0 Å². The first-order valence-corrected chi connectivity index (χ1v) is 10.1. The number of hydrogen-bond acceptors (Lipinski definition) is 7. The molecular formula is C20H35N3O6. The summed E-state index contributed by atoms with van der Waals surface area (Å²) in [6.45, 7) is 8.39. The van der Waals surface area contributed by atoms with Gasteiger partial charge >= 0.3 is 11.9 Å². The van der Waals surface area contributed by atoms with Crippen LogP contribution in [0.25, 0.3) is 0 Å². The van der Waals surface area contributed by atoms with Crippen molar-refractivity contribution < 1.29 is 28.7 Å². The molecule has 1 fully saturated rings. The van der Waals surface area contributed by atoms with Crippen molar-refractivity contribution in [3.63, 3.8) is 0 Å². The quantitative estimate of drug-likeness (QED) is 0.438. The van der Waals surface area contributed by atoms with E-state index in [9.17, 15) is 19.2 Å². The number of ether oxygens (including phenoxy) is 2. The highest BCUT2D eigenvalue weighted by Crippen LogP contribution is 2.19. The Labute approximate surface area is 172 Å². The Morgan fingerprint density at radius 2 is 1.14 bits per heavy atom. The molecule has 1 aliphatic heterocycles. The third-order valence-electron chi connectivity index (χ3n) is 4.91. The lowest BCUT2D eigenvalue weighted by atomic mass is 9.92. The van der Waals surface area contributed by atoms with Crippen LogP contribution in [0.15, 0.2) is 0 Å². The number of esters is 2. The van der Waals surface area contributed by atoms with Gasteiger partial charge in [-0.05, 0) is 24.7 Å². The van der Waals surface area contributed by atoms with Gasteiger partial charge in [0.15, 0.2) is 0 Å². The molecule has 0 aliphatic carbocycles. The molecule has 0 saturated carbocycles. The average Bonchev–Trinajstić information content (AvgIpc) is 3.14. The molecule has 166 valence electrons. The molecule has 1 saturated heterocycles. The zero-order valence-corrected chi connectivity index (χ0v) is 18.2. The first kappa shape index (κ1) is 24.9. The lowest BCUT2D eigenvalue weighted by Gasteiger charge is -2.24. The van der Waals surface area contributed by atoms with Crippen molar-refractivity contribution in [2.45, 2.75) is 52.6 Å². The SMILES string of the molecule is COC(=O)[C@H](CC(C)C)NC(=O)[C@@H]1CNC[C@H]1C(=O)N[C@@H](CC(C)C)C(=O)OC. The normalized spacial score (nSPS) is 20.8. The Balaban J connectivity index is 2.84. The summed E-state index contributed by atoms with van der Waals surface area (Å²) in [5, 5.41) is 8.49. The maximum absolute atomic E-state index is 12.8. The maximum atomic E-state index is 12.8. The number of rotatable bonds is 10. The van der Waals surface area contributed by atoms with Gasteiger partial charge in [0.2, 0.25) is 11.8 Å². The number of hydrogen-bond donors (Lipinski definition) is 3. The van der Waals surface area contributed by atoms with E-state index in [1.54, 1.807) is 0 Å². The second-order valence-corrected chi connectivity index (χ2v) is 8.30. The summed E-state index contributed by atoms with van der Waals surface area (Å²) in [5.41, 5.74) is 0. The second-order valence-electron chi connectivity index (χ2n) is 8.30. The number of nitrogens with one attached hydrogen (secondary N) is 3. The predicted octanol–water partition coefficient (Wildman–Crippen LogP) is 0.230. The summed E-state index contributed by atoms with van der Waals surface area (Å²) in [6, 6.07) is -1.53. The zero-order chi connectivity index (χ0) is 22.1. The van der Waals surface area contributed by atoms with Gasteiger partial charge in [-0.3, -0.25) is 9.59 Å². The summed E-state index contributed by atoms with van der Waals surface area (Å²) in [6.07, 6.45) is 0.877. The topological polar surface area (TPSA) is 123 Å². The smallest absolute Gasteiger partial charge is 0.328 e. The molecule has 9 heteroatoms. The van der Waals surface area contributed by atoms with Crippen molar-refractivity contribution in [3.8, 4) is 0 Å². The Morgan fingerprint density at radius 1 is 0.793 bits per heavy atom. The number of carbonyl (C=O) groups excluding carboxylic acids is 4. The standard InChI is InChI=1S/C20H35N3O6/c1-11(2)7-15(19(26)28-5)22-17(24)13-9-21-10-14(13)18(25)23-16(8-12(3)4)20(27)29-6/h11-16,21H,7-10H2,1-6H3,(H,22,24)(H,23,25)/t13-,14-,15+,16+/m1/s1. The molecular weight excluding hydrogens is 378 g/mol. The van der Waals surface area contributed by atoms with E-state index in [1.165, 1.54) is 14.2 Å². The Hall–Kier alpha value is -2.16.